The summed E-state index contributed by atoms with van der Waals surface area (Å²) in [6.07, 6.45) is 0.717. The monoisotopic (exact) mass is 287 g/mol. The van der Waals surface area contributed by atoms with Gasteiger partial charge < -0.3 is 15.2 Å². The molecule has 0 radical (unpaired) electrons. The standard InChI is InChI=1S/C17H18FNO2/c1-11-2-4-16-13(6-11)8-14(21-16)10-20-17-5-3-12(9-19)7-15(17)18/h2-7,14H,8-10,19H2,1H3. The van der Waals surface area contributed by atoms with Crippen molar-refractivity contribution in [1.82, 2.24) is 0 Å². The first-order valence-corrected chi connectivity index (χ1v) is 7.03. The summed E-state index contributed by atoms with van der Waals surface area (Å²) in [5, 5.41) is 0. The van der Waals surface area contributed by atoms with E-state index in [0.717, 1.165) is 17.7 Å². The van der Waals surface area contributed by atoms with Crippen molar-refractivity contribution in [2.45, 2.75) is 26.0 Å². The largest absolute Gasteiger partial charge is 0.487 e. The fraction of sp³-hybridized carbons (Fsp3) is 0.294. The normalized spacial score (nSPS) is 16.4. The molecule has 0 fully saturated rings. The first-order chi connectivity index (χ1) is 10.2. The van der Waals surface area contributed by atoms with Crippen LogP contribution < -0.4 is 15.2 Å². The molecule has 3 nitrogen and oxygen atoms in total. The average molecular weight is 287 g/mol. The third-order valence-corrected chi connectivity index (χ3v) is 3.61. The summed E-state index contributed by atoms with van der Waals surface area (Å²) in [5.74, 6) is 0.750. The van der Waals surface area contributed by atoms with Crippen molar-refractivity contribution in [2.75, 3.05) is 6.61 Å². The van der Waals surface area contributed by atoms with Crippen molar-refractivity contribution >= 4 is 0 Å². The predicted molar refractivity (Wildman–Crippen MR) is 79.1 cm³/mol. The van der Waals surface area contributed by atoms with Gasteiger partial charge in [0.1, 0.15) is 18.5 Å². The van der Waals surface area contributed by atoms with Crippen LogP contribution in [0, 0.1) is 12.7 Å². The number of hydrogen-bond donors (Lipinski definition) is 1. The Hall–Kier alpha value is -2.07. The fourth-order valence-electron chi connectivity index (χ4n) is 2.51. The summed E-state index contributed by atoms with van der Waals surface area (Å²) in [6, 6.07) is 10.9. The lowest BCUT2D eigenvalue weighted by atomic mass is 10.1. The van der Waals surface area contributed by atoms with Gasteiger partial charge in [-0.2, -0.15) is 0 Å². The average Bonchev–Trinajstić information content (AvgIpc) is 2.87. The number of benzene rings is 2. The van der Waals surface area contributed by atoms with Crippen molar-refractivity contribution in [3.63, 3.8) is 0 Å². The Labute approximate surface area is 123 Å². The lowest BCUT2D eigenvalue weighted by Crippen LogP contribution is -2.22. The first kappa shape index (κ1) is 13.9. The molecule has 0 spiro atoms. The molecule has 1 atom stereocenters. The molecule has 0 aliphatic carbocycles. The highest BCUT2D eigenvalue weighted by Crippen LogP contribution is 2.30. The molecule has 0 saturated heterocycles. The quantitative estimate of drug-likeness (QED) is 0.940. The molecular formula is C17H18FNO2. The Bertz CT molecular complexity index is 657. The molecule has 110 valence electrons. The van der Waals surface area contributed by atoms with E-state index in [1.807, 2.05) is 12.1 Å². The van der Waals surface area contributed by atoms with Gasteiger partial charge in [0.15, 0.2) is 11.6 Å². The fourth-order valence-corrected chi connectivity index (χ4v) is 2.51. The molecule has 0 amide bonds. The van der Waals surface area contributed by atoms with Crippen molar-refractivity contribution in [3.05, 3.63) is 58.9 Å². The summed E-state index contributed by atoms with van der Waals surface area (Å²) < 4.78 is 25.1. The van der Waals surface area contributed by atoms with E-state index in [9.17, 15) is 4.39 Å². The number of halogens is 1. The van der Waals surface area contributed by atoms with Crippen molar-refractivity contribution in [1.29, 1.82) is 0 Å². The van der Waals surface area contributed by atoms with Crippen LogP contribution in [0.25, 0.3) is 0 Å². The minimum atomic E-state index is -0.385. The Morgan fingerprint density at radius 1 is 1.29 bits per heavy atom. The molecule has 1 aliphatic rings. The van der Waals surface area contributed by atoms with E-state index in [0.29, 0.717) is 13.2 Å². The second-order valence-corrected chi connectivity index (χ2v) is 5.34. The van der Waals surface area contributed by atoms with Crippen molar-refractivity contribution < 1.29 is 13.9 Å². The van der Waals surface area contributed by atoms with E-state index < -0.39 is 0 Å². The van der Waals surface area contributed by atoms with Gasteiger partial charge >= 0.3 is 0 Å². The van der Waals surface area contributed by atoms with Crippen LogP contribution in [0.15, 0.2) is 36.4 Å². The zero-order chi connectivity index (χ0) is 14.8. The summed E-state index contributed by atoms with van der Waals surface area (Å²) in [7, 11) is 0. The highest BCUT2D eigenvalue weighted by atomic mass is 19.1. The summed E-state index contributed by atoms with van der Waals surface area (Å²) >= 11 is 0. The van der Waals surface area contributed by atoms with Crippen LogP contribution in [-0.2, 0) is 13.0 Å². The molecule has 4 heteroatoms. The Balaban J connectivity index is 1.62. The number of aryl methyl sites for hydroxylation is 1. The second-order valence-electron chi connectivity index (χ2n) is 5.34. The van der Waals surface area contributed by atoms with Gasteiger partial charge in [0.25, 0.3) is 0 Å². The number of nitrogens with two attached hydrogens (primary N) is 1. The second kappa shape index (κ2) is 5.74. The molecule has 1 heterocycles. The van der Waals surface area contributed by atoms with E-state index in [-0.39, 0.29) is 17.7 Å². The predicted octanol–water partition coefficient (Wildman–Crippen LogP) is 2.98. The third kappa shape index (κ3) is 3.00. The zero-order valence-electron chi connectivity index (χ0n) is 11.9. The summed E-state index contributed by atoms with van der Waals surface area (Å²) in [5.41, 5.74) is 8.62. The molecule has 1 unspecified atom stereocenters. The topological polar surface area (TPSA) is 44.5 Å². The molecule has 0 bridgehead atoms. The van der Waals surface area contributed by atoms with Crippen molar-refractivity contribution in [2.24, 2.45) is 5.73 Å². The Kier molecular flexibility index (Phi) is 3.80. The van der Waals surface area contributed by atoms with Gasteiger partial charge in [0.05, 0.1) is 0 Å². The minimum Gasteiger partial charge on any atom is -0.487 e. The van der Waals surface area contributed by atoms with Crippen LogP contribution in [0.2, 0.25) is 0 Å². The molecule has 3 rings (SSSR count). The molecule has 21 heavy (non-hydrogen) atoms. The van der Waals surface area contributed by atoms with E-state index >= 15 is 0 Å². The van der Waals surface area contributed by atoms with Gasteiger partial charge in [-0.15, -0.1) is 0 Å². The molecule has 2 aromatic rings. The van der Waals surface area contributed by atoms with Gasteiger partial charge in [0, 0.05) is 13.0 Å². The summed E-state index contributed by atoms with van der Waals surface area (Å²) in [6.45, 7) is 2.70. The molecule has 2 aromatic carbocycles. The maximum absolute atomic E-state index is 13.8. The zero-order valence-corrected chi connectivity index (χ0v) is 11.9. The van der Waals surface area contributed by atoms with Gasteiger partial charge in [-0.3, -0.25) is 0 Å². The van der Waals surface area contributed by atoms with Crippen LogP contribution in [0.5, 0.6) is 11.5 Å². The maximum Gasteiger partial charge on any atom is 0.165 e. The van der Waals surface area contributed by atoms with E-state index in [2.05, 4.69) is 13.0 Å². The molecular weight excluding hydrogens is 269 g/mol. The molecule has 0 aromatic heterocycles. The Morgan fingerprint density at radius 3 is 2.90 bits per heavy atom. The Morgan fingerprint density at radius 2 is 2.14 bits per heavy atom. The van der Waals surface area contributed by atoms with E-state index in [1.54, 1.807) is 12.1 Å². The number of hydrogen-bond acceptors (Lipinski definition) is 3. The third-order valence-electron chi connectivity index (χ3n) is 3.61. The van der Waals surface area contributed by atoms with E-state index in [1.165, 1.54) is 17.2 Å². The summed E-state index contributed by atoms with van der Waals surface area (Å²) in [4.78, 5) is 0. The number of rotatable bonds is 4. The van der Waals surface area contributed by atoms with Crippen LogP contribution in [-0.4, -0.2) is 12.7 Å². The highest BCUT2D eigenvalue weighted by molar-refractivity contribution is 5.40. The molecule has 0 saturated carbocycles. The van der Waals surface area contributed by atoms with Crippen LogP contribution in [0.3, 0.4) is 0 Å². The smallest absolute Gasteiger partial charge is 0.165 e. The van der Waals surface area contributed by atoms with Crippen LogP contribution in [0.1, 0.15) is 16.7 Å². The molecule has 2 N–H and O–H groups in total. The van der Waals surface area contributed by atoms with E-state index in [4.69, 9.17) is 15.2 Å². The highest BCUT2D eigenvalue weighted by Gasteiger charge is 2.23. The minimum absolute atomic E-state index is 0.0737. The van der Waals surface area contributed by atoms with Gasteiger partial charge in [-0.05, 0) is 36.2 Å². The maximum atomic E-state index is 13.8. The SMILES string of the molecule is Cc1ccc2c(c1)CC(COc1ccc(CN)cc1F)O2. The van der Waals surface area contributed by atoms with Gasteiger partial charge in [-0.25, -0.2) is 4.39 Å². The first-order valence-electron chi connectivity index (χ1n) is 7.03. The number of fused-ring (bicyclic) bond motifs is 1. The lowest BCUT2D eigenvalue weighted by Gasteiger charge is -2.13. The van der Waals surface area contributed by atoms with Gasteiger partial charge in [-0.1, -0.05) is 23.8 Å². The van der Waals surface area contributed by atoms with Crippen molar-refractivity contribution in [3.8, 4) is 11.5 Å². The molecule has 1 aliphatic heterocycles. The lowest BCUT2D eigenvalue weighted by molar-refractivity contribution is 0.145. The number of ether oxygens (including phenoxy) is 2. The van der Waals surface area contributed by atoms with Gasteiger partial charge in [0.2, 0.25) is 0 Å². The van der Waals surface area contributed by atoms with Crippen LogP contribution >= 0.6 is 0 Å². The van der Waals surface area contributed by atoms with Crippen LogP contribution in [0.4, 0.5) is 4.39 Å².